The molecule has 0 saturated carbocycles. The number of phenols is 8. The standard InChI is InChI=1S/C36H36O20S/c37-14-3-1-11(5-17(14)40)33-21(44)7-13-16(39)8-19(42)24(35(13)56-33)27-26-22(54-34(30(27)47)12-2-4-15(38)18(41)6-12)9-20(43)25(29(26)46)36-32(49)31(48)28(45)23(55-36)10-53-57(50,51)52/h1-6,8-9,21,23,27-28,30-34,36-49H,7,10H2,(H,50,51,52). The van der Waals surface area contributed by atoms with Crippen LogP contribution in [0.3, 0.4) is 0 Å². The van der Waals surface area contributed by atoms with E-state index in [4.69, 9.17) is 18.8 Å². The van der Waals surface area contributed by atoms with Crippen LogP contribution in [0.15, 0.2) is 48.5 Å². The first kappa shape index (κ1) is 39.7. The molecule has 3 aliphatic heterocycles. The number of hydrogen-bond donors (Lipinski definition) is 14. The van der Waals surface area contributed by atoms with Crippen LogP contribution >= 0.6 is 0 Å². The van der Waals surface area contributed by atoms with Crippen molar-refractivity contribution in [2.75, 3.05) is 6.61 Å². The number of phenolic OH excluding ortho intramolecular Hbond substituents is 8. The van der Waals surface area contributed by atoms with Gasteiger partial charge in [0.1, 0.15) is 77.2 Å². The summed E-state index contributed by atoms with van der Waals surface area (Å²) in [5, 5.41) is 142. The molecular weight excluding hydrogens is 784 g/mol. The Morgan fingerprint density at radius 3 is 1.79 bits per heavy atom. The minimum absolute atomic E-state index is 0.0160. The highest BCUT2D eigenvalue weighted by Gasteiger charge is 2.50. The zero-order valence-electron chi connectivity index (χ0n) is 28.9. The number of rotatable bonds is 7. The van der Waals surface area contributed by atoms with Crippen LogP contribution < -0.4 is 9.47 Å². The zero-order chi connectivity index (χ0) is 41.4. The molecule has 0 spiro atoms. The number of ether oxygens (including phenoxy) is 3. The quantitative estimate of drug-likeness (QED) is 0.0882. The summed E-state index contributed by atoms with van der Waals surface area (Å²) in [6, 6.07) is 8.68. The molecule has 10 atom stereocenters. The lowest BCUT2D eigenvalue weighted by Crippen LogP contribution is -2.55. The van der Waals surface area contributed by atoms with Gasteiger partial charge >= 0.3 is 10.4 Å². The monoisotopic (exact) mass is 820 g/mol. The van der Waals surface area contributed by atoms with Crippen LogP contribution in [-0.4, -0.2) is 123 Å². The molecule has 4 aromatic rings. The Bertz CT molecular complexity index is 2330. The molecule has 57 heavy (non-hydrogen) atoms. The molecule has 10 unspecified atom stereocenters. The third-order valence-corrected chi connectivity index (χ3v) is 10.7. The fraction of sp³-hybridized carbons (Fsp3) is 0.333. The topological polar surface area (TPSA) is 354 Å². The van der Waals surface area contributed by atoms with E-state index in [2.05, 4.69) is 4.18 Å². The molecule has 306 valence electrons. The number of benzene rings is 4. The van der Waals surface area contributed by atoms with E-state index < -0.39 is 141 Å². The van der Waals surface area contributed by atoms with Crippen LogP contribution in [0.2, 0.25) is 0 Å². The predicted octanol–water partition coefficient (Wildman–Crippen LogP) is 0.337. The maximum absolute atomic E-state index is 12.2. The molecule has 1 saturated heterocycles. The number of aliphatic hydroxyl groups is 5. The van der Waals surface area contributed by atoms with Crippen molar-refractivity contribution in [1.29, 1.82) is 0 Å². The molecule has 0 bridgehead atoms. The summed E-state index contributed by atoms with van der Waals surface area (Å²) in [5.41, 5.74) is -1.49. The lowest BCUT2D eigenvalue weighted by atomic mass is 9.76. The van der Waals surface area contributed by atoms with Crippen molar-refractivity contribution in [1.82, 2.24) is 0 Å². The zero-order valence-corrected chi connectivity index (χ0v) is 29.7. The SMILES string of the molecule is O=S(=O)(O)OCC1OC(c2c(O)cc3c(c2O)C(c2c(O)cc(O)c4c2OC(c2ccc(O)c(O)c2)C(O)C4)C(O)C(c2ccc(O)c(O)c2)O3)C(O)C(O)C1O. The first-order valence-corrected chi connectivity index (χ1v) is 18.3. The lowest BCUT2D eigenvalue weighted by molar-refractivity contribution is -0.230. The van der Waals surface area contributed by atoms with Gasteiger partial charge in [-0.15, -0.1) is 0 Å². The summed E-state index contributed by atoms with van der Waals surface area (Å²) in [4.78, 5) is 0. The highest BCUT2D eigenvalue weighted by molar-refractivity contribution is 7.80. The predicted molar refractivity (Wildman–Crippen MR) is 187 cm³/mol. The summed E-state index contributed by atoms with van der Waals surface area (Å²) < 4.78 is 53.8. The van der Waals surface area contributed by atoms with E-state index in [1.54, 1.807) is 0 Å². The van der Waals surface area contributed by atoms with Crippen LogP contribution in [0.5, 0.6) is 57.5 Å². The fourth-order valence-corrected chi connectivity index (χ4v) is 7.83. The van der Waals surface area contributed by atoms with Gasteiger partial charge in [0.05, 0.1) is 24.2 Å². The van der Waals surface area contributed by atoms with E-state index in [9.17, 15) is 74.8 Å². The molecule has 0 radical (unpaired) electrons. The van der Waals surface area contributed by atoms with E-state index in [1.807, 2.05) is 0 Å². The molecule has 20 nitrogen and oxygen atoms in total. The molecule has 21 heteroatoms. The van der Waals surface area contributed by atoms with Gasteiger partial charge in [0, 0.05) is 35.2 Å². The Labute approximate surface area is 321 Å². The van der Waals surface area contributed by atoms with Crippen molar-refractivity contribution in [3.05, 3.63) is 81.9 Å². The average Bonchev–Trinajstić information content (AvgIpc) is 3.13. The van der Waals surface area contributed by atoms with Gasteiger partial charge in [0.15, 0.2) is 29.1 Å². The van der Waals surface area contributed by atoms with Crippen LogP contribution in [0.1, 0.15) is 57.6 Å². The minimum Gasteiger partial charge on any atom is -0.507 e. The van der Waals surface area contributed by atoms with Crippen LogP contribution in [0.25, 0.3) is 0 Å². The van der Waals surface area contributed by atoms with Crippen LogP contribution in [0, 0.1) is 0 Å². The van der Waals surface area contributed by atoms with Gasteiger partial charge in [0.25, 0.3) is 0 Å². The van der Waals surface area contributed by atoms with Gasteiger partial charge in [-0.05, 0) is 35.4 Å². The first-order chi connectivity index (χ1) is 26.8. The van der Waals surface area contributed by atoms with Crippen molar-refractivity contribution < 1.29 is 97.7 Å². The van der Waals surface area contributed by atoms with E-state index >= 15 is 0 Å². The van der Waals surface area contributed by atoms with Crippen molar-refractivity contribution in [2.24, 2.45) is 0 Å². The highest BCUT2D eigenvalue weighted by atomic mass is 32.3. The summed E-state index contributed by atoms with van der Waals surface area (Å²) >= 11 is 0. The van der Waals surface area contributed by atoms with Crippen molar-refractivity contribution in [3.63, 3.8) is 0 Å². The first-order valence-electron chi connectivity index (χ1n) is 17.0. The maximum Gasteiger partial charge on any atom is 0.397 e. The van der Waals surface area contributed by atoms with E-state index in [-0.39, 0.29) is 34.4 Å². The average molecular weight is 821 g/mol. The minimum atomic E-state index is -5.11. The largest absolute Gasteiger partial charge is 0.507 e. The Hall–Kier alpha value is -5.49. The van der Waals surface area contributed by atoms with Crippen molar-refractivity contribution >= 4 is 10.4 Å². The number of fused-ring (bicyclic) bond motifs is 2. The van der Waals surface area contributed by atoms with Crippen LogP contribution in [0.4, 0.5) is 0 Å². The van der Waals surface area contributed by atoms with E-state index in [1.165, 1.54) is 12.1 Å². The number of aromatic hydroxyl groups is 8. The van der Waals surface area contributed by atoms with E-state index in [0.29, 0.717) is 0 Å². The molecule has 14 N–H and O–H groups in total. The summed E-state index contributed by atoms with van der Waals surface area (Å²) in [6.07, 6.45) is -16.7. The Balaban J connectivity index is 1.43. The van der Waals surface area contributed by atoms with Crippen LogP contribution in [-0.2, 0) is 25.7 Å². The van der Waals surface area contributed by atoms with Gasteiger partial charge < -0.3 is 80.6 Å². The molecule has 0 aromatic heterocycles. The normalized spacial score (nSPS) is 28.5. The second kappa shape index (κ2) is 14.5. The molecule has 0 amide bonds. The molecule has 0 aliphatic carbocycles. The lowest BCUT2D eigenvalue weighted by Gasteiger charge is -2.43. The second-order valence-corrected chi connectivity index (χ2v) is 14.9. The molecule has 4 aromatic carbocycles. The van der Waals surface area contributed by atoms with Gasteiger partial charge in [-0.2, -0.15) is 8.42 Å². The van der Waals surface area contributed by atoms with Crippen molar-refractivity contribution in [3.8, 4) is 57.5 Å². The highest BCUT2D eigenvalue weighted by Crippen LogP contribution is 2.59. The molecule has 7 rings (SSSR count). The summed E-state index contributed by atoms with van der Waals surface area (Å²) in [6.45, 7) is -1.12. The third kappa shape index (κ3) is 6.98. The van der Waals surface area contributed by atoms with Gasteiger partial charge in [-0.1, -0.05) is 12.1 Å². The Morgan fingerprint density at radius 1 is 0.596 bits per heavy atom. The smallest absolute Gasteiger partial charge is 0.397 e. The van der Waals surface area contributed by atoms with Crippen molar-refractivity contribution in [2.45, 2.75) is 67.3 Å². The Morgan fingerprint density at radius 2 is 1.19 bits per heavy atom. The molecular formula is C36H36O20S. The second-order valence-electron chi connectivity index (χ2n) is 13.8. The number of hydrogen-bond acceptors (Lipinski definition) is 19. The molecule has 3 heterocycles. The third-order valence-electron chi connectivity index (χ3n) is 10.3. The maximum atomic E-state index is 12.2. The summed E-state index contributed by atoms with van der Waals surface area (Å²) in [7, 11) is -5.11. The molecule has 1 fully saturated rings. The Kier molecular flexibility index (Phi) is 10.1. The fourth-order valence-electron chi connectivity index (χ4n) is 7.52. The van der Waals surface area contributed by atoms with Gasteiger partial charge in [-0.25, -0.2) is 4.18 Å². The molecule has 3 aliphatic rings. The number of aliphatic hydroxyl groups excluding tert-OH is 5. The van der Waals surface area contributed by atoms with E-state index in [0.717, 1.165) is 36.4 Å². The van der Waals surface area contributed by atoms with Gasteiger partial charge in [-0.3, -0.25) is 4.55 Å². The summed E-state index contributed by atoms with van der Waals surface area (Å²) in [5.74, 6) is -7.97. The van der Waals surface area contributed by atoms with Gasteiger partial charge in [0.2, 0.25) is 0 Å².